The van der Waals surface area contributed by atoms with Crippen LogP contribution in [0.5, 0.6) is 0 Å². The highest BCUT2D eigenvalue weighted by Crippen LogP contribution is 2.46. The van der Waals surface area contributed by atoms with E-state index in [-0.39, 0.29) is 22.7 Å². The second-order valence-corrected chi connectivity index (χ2v) is 7.06. The summed E-state index contributed by atoms with van der Waals surface area (Å²) in [6, 6.07) is -0.0514. The van der Waals surface area contributed by atoms with Crippen LogP contribution in [0.1, 0.15) is 46.0 Å². The summed E-state index contributed by atoms with van der Waals surface area (Å²) < 4.78 is 0.275. The lowest BCUT2D eigenvalue weighted by molar-refractivity contribution is -0.141. The van der Waals surface area contributed by atoms with Gasteiger partial charge in [0.05, 0.1) is 5.92 Å². The molecule has 2 amide bonds. The number of hydrogen-bond donors (Lipinski definition) is 3. The van der Waals surface area contributed by atoms with E-state index in [1.807, 2.05) is 18.7 Å². The van der Waals surface area contributed by atoms with Gasteiger partial charge in [0, 0.05) is 17.3 Å². The van der Waals surface area contributed by atoms with Gasteiger partial charge in [0.1, 0.15) is 0 Å². The molecule has 0 bridgehead atoms. The van der Waals surface area contributed by atoms with Gasteiger partial charge in [-0.1, -0.05) is 13.3 Å². The van der Waals surface area contributed by atoms with Crippen molar-refractivity contribution in [2.24, 2.45) is 5.92 Å². The van der Waals surface area contributed by atoms with E-state index in [1.54, 1.807) is 6.92 Å². The molecule has 1 aliphatic rings. The summed E-state index contributed by atoms with van der Waals surface area (Å²) >= 11 is 1.82. The van der Waals surface area contributed by atoms with Gasteiger partial charge in [0.2, 0.25) is 0 Å². The molecular weight excluding hydrogens is 276 g/mol. The molecule has 1 fully saturated rings. The average molecular weight is 302 g/mol. The predicted octanol–water partition coefficient (Wildman–Crippen LogP) is 2.46. The molecule has 1 aliphatic carbocycles. The van der Waals surface area contributed by atoms with Crippen LogP contribution in [0.15, 0.2) is 0 Å². The molecule has 2 unspecified atom stereocenters. The predicted molar refractivity (Wildman–Crippen MR) is 82.1 cm³/mol. The topological polar surface area (TPSA) is 78.4 Å². The Bertz CT molecular complexity index is 345. The fraction of sp³-hybridized carbons (Fsp3) is 0.857. The third kappa shape index (κ3) is 6.03. The molecular formula is C14H26N2O3S. The van der Waals surface area contributed by atoms with Crippen molar-refractivity contribution in [1.29, 1.82) is 0 Å². The molecule has 0 aliphatic heterocycles. The maximum absolute atomic E-state index is 11.7. The highest BCUT2D eigenvalue weighted by Gasteiger charge is 2.41. The largest absolute Gasteiger partial charge is 0.481 e. The van der Waals surface area contributed by atoms with Crippen LogP contribution < -0.4 is 10.6 Å². The van der Waals surface area contributed by atoms with E-state index in [0.717, 1.165) is 19.4 Å². The molecule has 6 heteroatoms. The number of amides is 2. The van der Waals surface area contributed by atoms with Crippen LogP contribution in [-0.2, 0) is 4.79 Å². The van der Waals surface area contributed by atoms with Gasteiger partial charge in [-0.2, -0.15) is 11.8 Å². The molecule has 116 valence electrons. The third-order valence-electron chi connectivity index (χ3n) is 3.89. The monoisotopic (exact) mass is 302 g/mol. The van der Waals surface area contributed by atoms with Crippen molar-refractivity contribution in [2.75, 3.05) is 12.8 Å². The molecule has 0 aromatic rings. The van der Waals surface area contributed by atoms with E-state index in [9.17, 15) is 9.59 Å². The molecule has 1 saturated carbocycles. The second-order valence-electron chi connectivity index (χ2n) is 5.79. The fourth-order valence-corrected chi connectivity index (χ4v) is 2.76. The highest BCUT2D eigenvalue weighted by molar-refractivity contribution is 8.00. The van der Waals surface area contributed by atoms with Crippen molar-refractivity contribution in [3.05, 3.63) is 0 Å². The smallest absolute Gasteiger partial charge is 0.315 e. The minimum absolute atomic E-state index is 0.0698. The Hall–Kier alpha value is -0.910. The maximum atomic E-state index is 11.7. The average Bonchev–Trinajstić information content (AvgIpc) is 3.16. The molecule has 3 N–H and O–H groups in total. The molecule has 0 radical (unpaired) electrons. The van der Waals surface area contributed by atoms with Crippen LogP contribution in [0.25, 0.3) is 0 Å². The molecule has 5 nitrogen and oxygen atoms in total. The number of carboxylic acids is 1. The Balaban J connectivity index is 2.10. The van der Waals surface area contributed by atoms with Gasteiger partial charge >= 0.3 is 12.0 Å². The van der Waals surface area contributed by atoms with Crippen LogP contribution in [-0.4, -0.2) is 40.7 Å². The van der Waals surface area contributed by atoms with Crippen molar-refractivity contribution < 1.29 is 14.7 Å². The summed E-state index contributed by atoms with van der Waals surface area (Å²) in [7, 11) is 0. The van der Waals surface area contributed by atoms with Crippen LogP contribution in [0.4, 0.5) is 4.79 Å². The zero-order valence-corrected chi connectivity index (χ0v) is 13.4. The van der Waals surface area contributed by atoms with Crippen molar-refractivity contribution in [2.45, 2.75) is 56.7 Å². The number of urea groups is 1. The summed E-state index contributed by atoms with van der Waals surface area (Å²) in [4.78, 5) is 22.4. The fourth-order valence-electron chi connectivity index (χ4n) is 2.03. The first-order chi connectivity index (χ1) is 9.38. The molecule has 0 spiro atoms. The lowest BCUT2D eigenvalue weighted by atomic mass is 10.0. The van der Waals surface area contributed by atoms with Gasteiger partial charge in [-0.15, -0.1) is 0 Å². The third-order valence-corrected chi connectivity index (χ3v) is 5.30. The summed E-state index contributed by atoms with van der Waals surface area (Å²) in [6.45, 7) is 4.39. The molecule has 0 aromatic heterocycles. The number of hydrogen-bond acceptors (Lipinski definition) is 3. The van der Waals surface area contributed by atoms with E-state index in [2.05, 4.69) is 16.9 Å². The van der Waals surface area contributed by atoms with E-state index in [4.69, 9.17) is 5.11 Å². The number of carbonyl (C=O) groups is 2. The number of nitrogens with one attached hydrogen (secondary N) is 2. The van der Waals surface area contributed by atoms with Gasteiger partial charge in [-0.05, 0) is 38.9 Å². The zero-order valence-electron chi connectivity index (χ0n) is 12.6. The molecule has 20 heavy (non-hydrogen) atoms. The quantitative estimate of drug-likeness (QED) is 0.611. The van der Waals surface area contributed by atoms with Gasteiger partial charge in [-0.25, -0.2) is 4.79 Å². The summed E-state index contributed by atoms with van der Waals surface area (Å²) in [5.74, 6) is -1.07. The molecule has 0 saturated heterocycles. The maximum Gasteiger partial charge on any atom is 0.315 e. The SMILES string of the molecule is CSC1(CNC(=O)NC(C)CCCC(C)C(=O)O)CC1. The molecule has 2 atom stereocenters. The number of rotatable bonds is 9. The Morgan fingerprint density at radius 1 is 1.30 bits per heavy atom. The second kappa shape index (κ2) is 7.76. The molecule has 0 aromatic carbocycles. The van der Waals surface area contributed by atoms with E-state index in [1.165, 1.54) is 12.8 Å². The summed E-state index contributed by atoms with van der Waals surface area (Å²) in [6.07, 6.45) is 6.70. The Kier molecular flexibility index (Phi) is 6.65. The Morgan fingerprint density at radius 3 is 2.45 bits per heavy atom. The van der Waals surface area contributed by atoms with Crippen LogP contribution >= 0.6 is 11.8 Å². The van der Waals surface area contributed by atoms with E-state index >= 15 is 0 Å². The Morgan fingerprint density at radius 2 is 1.95 bits per heavy atom. The van der Waals surface area contributed by atoms with Gasteiger partial charge in [0.15, 0.2) is 0 Å². The summed E-state index contributed by atoms with van der Waals surface area (Å²) in [5, 5.41) is 14.6. The lowest BCUT2D eigenvalue weighted by Gasteiger charge is -2.17. The van der Waals surface area contributed by atoms with E-state index in [0.29, 0.717) is 6.42 Å². The number of carbonyl (C=O) groups excluding carboxylic acids is 1. The Labute approximate surface area is 125 Å². The zero-order chi connectivity index (χ0) is 15.2. The number of thioether (sulfide) groups is 1. The number of aliphatic carboxylic acids is 1. The number of carboxylic acid groups (broad SMARTS) is 1. The summed E-state index contributed by atoms with van der Waals surface area (Å²) in [5.41, 5.74) is 0. The first-order valence-corrected chi connectivity index (χ1v) is 8.43. The van der Waals surface area contributed by atoms with Crippen molar-refractivity contribution >= 4 is 23.8 Å². The van der Waals surface area contributed by atoms with Gasteiger partial charge < -0.3 is 15.7 Å². The minimum atomic E-state index is -0.754. The minimum Gasteiger partial charge on any atom is -0.481 e. The van der Waals surface area contributed by atoms with Crippen LogP contribution in [0.3, 0.4) is 0 Å². The van der Waals surface area contributed by atoms with Crippen molar-refractivity contribution in [3.8, 4) is 0 Å². The highest BCUT2D eigenvalue weighted by atomic mass is 32.2. The lowest BCUT2D eigenvalue weighted by Crippen LogP contribution is -2.43. The van der Waals surface area contributed by atoms with Crippen LogP contribution in [0, 0.1) is 5.92 Å². The molecule has 1 rings (SSSR count). The first kappa shape index (κ1) is 17.1. The molecule has 0 heterocycles. The van der Waals surface area contributed by atoms with Gasteiger partial charge in [0.25, 0.3) is 0 Å². The standard InChI is InChI=1S/C14H26N2O3S/c1-10(12(17)18)5-4-6-11(2)16-13(19)15-9-14(20-3)7-8-14/h10-11H,4-9H2,1-3H3,(H,17,18)(H2,15,16,19). The first-order valence-electron chi connectivity index (χ1n) is 7.21. The van der Waals surface area contributed by atoms with Crippen molar-refractivity contribution in [3.63, 3.8) is 0 Å². The van der Waals surface area contributed by atoms with Crippen molar-refractivity contribution in [1.82, 2.24) is 10.6 Å². The van der Waals surface area contributed by atoms with Crippen LogP contribution in [0.2, 0.25) is 0 Å². The normalized spacial score (nSPS) is 18.9. The van der Waals surface area contributed by atoms with Gasteiger partial charge in [-0.3, -0.25) is 4.79 Å². The van der Waals surface area contributed by atoms with E-state index < -0.39 is 5.97 Å².